The predicted molar refractivity (Wildman–Crippen MR) is 54.7 cm³/mol. The van der Waals surface area contributed by atoms with Crippen molar-refractivity contribution in [2.24, 2.45) is 11.1 Å². The van der Waals surface area contributed by atoms with Crippen LogP contribution in [-0.4, -0.2) is 31.8 Å². The van der Waals surface area contributed by atoms with Crippen molar-refractivity contribution in [3.63, 3.8) is 0 Å². The quantitative estimate of drug-likeness (QED) is 0.683. The van der Waals surface area contributed by atoms with Gasteiger partial charge < -0.3 is 15.8 Å². The van der Waals surface area contributed by atoms with Crippen LogP contribution in [0.3, 0.4) is 0 Å². The van der Waals surface area contributed by atoms with Gasteiger partial charge in [-0.2, -0.15) is 0 Å². The van der Waals surface area contributed by atoms with Crippen LogP contribution in [0.25, 0.3) is 0 Å². The maximum atomic E-state index is 6.10. The Morgan fingerprint density at radius 2 is 2.15 bits per heavy atom. The summed E-state index contributed by atoms with van der Waals surface area (Å²) >= 11 is 0. The second kappa shape index (κ2) is 3.95. The Hall–Kier alpha value is -0.120. The molecule has 0 bridgehead atoms. The lowest BCUT2D eigenvalue weighted by atomic mass is 9.95. The first-order valence-electron chi connectivity index (χ1n) is 4.99. The molecule has 78 valence electrons. The van der Waals surface area contributed by atoms with E-state index in [1.807, 2.05) is 0 Å². The summed E-state index contributed by atoms with van der Waals surface area (Å²) in [5.74, 6) is 0. The third-order valence-electron chi connectivity index (χ3n) is 2.27. The molecule has 13 heavy (non-hydrogen) atoms. The average Bonchev–Trinajstić information content (AvgIpc) is 2.33. The van der Waals surface area contributed by atoms with Gasteiger partial charge in [0.25, 0.3) is 0 Å². The van der Waals surface area contributed by atoms with E-state index in [0.29, 0.717) is 12.0 Å². The van der Waals surface area contributed by atoms with Crippen LogP contribution >= 0.6 is 0 Å². The Morgan fingerprint density at radius 1 is 1.46 bits per heavy atom. The molecule has 0 amide bonds. The zero-order chi connectivity index (χ0) is 9.95. The number of rotatable bonds is 3. The van der Waals surface area contributed by atoms with Gasteiger partial charge in [-0.05, 0) is 11.8 Å². The SMILES string of the molecule is CC(C)(C)CNCC1(N)CCOC1. The highest BCUT2D eigenvalue weighted by Crippen LogP contribution is 2.15. The van der Waals surface area contributed by atoms with Gasteiger partial charge in [0.15, 0.2) is 0 Å². The Kier molecular flexibility index (Phi) is 3.33. The van der Waals surface area contributed by atoms with E-state index in [9.17, 15) is 0 Å². The minimum Gasteiger partial charge on any atom is -0.379 e. The summed E-state index contributed by atoms with van der Waals surface area (Å²) in [5, 5.41) is 3.40. The summed E-state index contributed by atoms with van der Waals surface area (Å²) in [4.78, 5) is 0. The van der Waals surface area contributed by atoms with E-state index in [1.54, 1.807) is 0 Å². The van der Waals surface area contributed by atoms with Gasteiger partial charge in [0, 0.05) is 19.7 Å². The fraction of sp³-hybridized carbons (Fsp3) is 1.00. The van der Waals surface area contributed by atoms with Crippen LogP contribution in [0.15, 0.2) is 0 Å². The molecular formula is C10H22N2O. The van der Waals surface area contributed by atoms with Crippen LogP contribution in [0.2, 0.25) is 0 Å². The maximum absolute atomic E-state index is 6.10. The summed E-state index contributed by atoms with van der Waals surface area (Å²) in [7, 11) is 0. The van der Waals surface area contributed by atoms with Crippen molar-refractivity contribution in [1.29, 1.82) is 0 Å². The van der Waals surface area contributed by atoms with Crippen molar-refractivity contribution in [3.05, 3.63) is 0 Å². The van der Waals surface area contributed by atoms with Crippen molar-refractivity contribution >= 4 is 0 Å². The molecule has 3 nitrogen and oxygen atoms in total. The van der Waals surface area contributed by atoms with Crippen molar-refractivity contribution in [1.82, 2.24) is 5.32 Å². The van der Waals surface area contributed by atoms with Gasteiger partial charge >= 0.3 is 0 Å². The van der Waals surface area contributed by atoms with Crippen molar-refractivity contribution in [2.75, 3.05) is 26.3 Å². The van der Waals surface area contributed by atoms with Crippen LogP contribution in [0.1, 0.15) is 27.2 Å². The van der Waals surface area contributed by atoms with Crippen molar-refractivity contribution in [2.45, 2.75) is 32.7 Å². The van der Waals surface area contributed by atoms with Crippen molar-refractivity contribution < 1.29 is 4.74 Å². The topological polar surface area (TPSA) is 47.3 Å². The molecule has 1 heterocycles. The number of nitrogens with one attached hydrogen (secondary N) is 1. The molecule has 0 radical (unpaired) electrons. The molecule has 0 aromatic rings. The molecule has 0 aromatic heterocycles. The zero-order valence-electron chi connectivity index (χ0n) is 9.02. The Morgan fingerprint density at radius 3 is 2.62 bits per heavy atom. The molecule has 1 aliphatic rings. The molecule has 1 fully saturated rings. The Bertz CT molecular complexity index is 157. The number of hydrogen-bond donors (Lipinski definition) is 2. The second-order valence-electron chi connectivity index (χ2n) is 5.33. The van der Waals surface area contributed by atoms with E-state index in [2.05, 4.69) is 26.1 Å². The molecule has 1 saturated heterocycles. The summed E-state index contributed by atoms with van der Waals surface area (Å²) in [6.07, 6.45) is 0.976. The van der Waals surface area contributed by atoms with E-state index in [-0.39, 0.29) is 5.54 Å². The first kappa shape index (κ1) is 11.0. The third-order valence-corrected chi connectivity index (χ3v) is 2.27. The first-order valence-corrected chi connectivity index (χ1v) is 4.99. The van der Waals surface area contributed by atoms with Crippen LogP contribution in [0.4, 0.5) is 0 Å². The number of nitrogens with two attached hydrogens (primary N) is 1. The fourth-order valence-electron chi connectivity index (χ4n) is 1.45. The number of hydrogen-bond acceptors (Lipinski definition) is 3. The smallest absolute Gasteiger partial charge is 0.0659 e. The van der Waals surface area contributed by atoms with E-state index < -0.39 is 0 Å². The highest BCUT2D eigenvalue weighted by molar-refractivity contribution is 4.90. The van der Waals surface area contributed by atoms with Gasteiger partial charge in [0.05, 0.1) is 12.1 Å². The van der Waals surface area contributed by atoms with Gasteiger partial charge in [-0.3, -0.25) is 0 Å². The molecule has 3 heteroatoms. The maximum Gasteiger partial charge on any atom is 0.0659 e. The predicted octanol–water partition coefficient (Wildman–Crippen LogP) is 0.740. The van der Waals surface area contributed by atoms with Gasteiger partial charge in [-0.25, -0.2) is 0 Å². The highest BCUT2D eigenvalue weighted by atomic mass is 16.5. The summed E-state index contributed by atoms with van der Waals surface area (Å²) in [6, 6.07) is 0. The Balaban J connectivity index is 2.18. The molecular weight excluding hydrogens is 164 g/mol. The molecule has 1 aliphatic heterocycles. The summed E-state index contributed by atoms with van der Waals surface area (Å²) in [5.41, 5.74) is 6.31. The number of ether oxygens (including phenoxy) is 1. The first-order chi connectivity index (χ1) is 5.91. The molecule has 3 N–H and O–H groups in total. The van der Waals surface area contributed by atoms with Crippen LogP contribution in [0.5, 0.6) is 0 Å². The molecule has 0 aliphatic carbocycles. The highest BCUT2D eigenvalue weighted by Gasteiger charge is 2.30. The normalized spacial score (nSPS) is 29.5. The van der Waals surface area contributed by atoms with Gasteiger partial charge in [-0.1, -0.05) is 20.8 Å². The van der Waals surface area contributed by atoms with E-state index in [0.717, 1.165) is 26.1 Å². The minimum absolute atomic E-state index is 0.120. The molecule has 1 unspecified atom stereocenters. The largest absolute Gasteiger partial charge is 0.379 e. The van der Waals surface area contributed by atoms with Crippen LogP contribution in [-0.2, 0) is 4.74 Å². The fourth-order valence-corrected chi connectivity index (χ4v) is 1.45. The van der Waals surface area contributed by atoms with E-state index in [4.69, 9.17) is 10.5 Å². The lowest BCUT2D eigenvalue weighted by molar-refractivity contribution is 0.176. The average molecular weight is 186 g/mol. The van der Waals surface area contributed by atoms with Crippen molar-refractivity contribution in [3.8, 4) is 0 Å². The standard InChI is InChI=1S/C10H22N2O/c1-9(2,3)6-12-7-10(11)4-5-13-8-10/h12H,4-8,11H2,1-3H3. The lowest BCUT2D eigenvalue weighted by Gasteiger charge is -2.25. The second-order valence-corrected chi connectivity index (χ2v) is 5.33. The van der Waals surface area contributed by atoms with Gasteiger partial charge in [-0.15, -0.1) is 0 Å². The van der Waals surface area contributed by atoms with E-state index in [1.165, 1.54) is 0 Å². The van der Waals surface area contributed by atoms with Crippen LogP contribution < -0.4 is 11.1 Å². The Labute approximate surface area is 81.0 Å². The summed E-state index contributed by atoms with van der Waals surface area (Å²) in [6.45, 7) is 10.0. The summed E-state index contributed by atoms with van der Waals surface area (Å²) < 4.78 is 5.28. The van der Waals surface area contributed by atoms with Gasteiger partial charge in [0.2, 0.25) is 0 Å². The van der Waals surface area contributed by atoms with Gasteiger partial charge in [0.1, 0.15) is 0 Å². The molecule has 0 spiro atoms. The zero-order valence-corrected chi connectivity index (χ0v) is 9.02. The molecule has 0 saturated carbocycles. The van der Waals surface area contributed by atoms with Crippen LogP contribution in [0, 0.1) is 5.41 Å². The monoisotopic (exact) mass is 186 g/mol. The molecule has 1 atom stereocenters. The lowest BCUT2D eigenvalue weighted by Crippen LogP contribution is -2.50. The minimum atomic E-state index is -0.120. The molecule has 0 aromatic carbocycles. The third kappa shape index (κ3) is 4.07. The van der Waals surface area contributed by atoms with E-state index >= 15 is 0 Å². The molecule has 1 rings (SSSR count).